The van der Waals surface area contributed by atoms with Crippen molar-refractivity contribution in [3.05, 3.63) is 0 Å². The number of nitrogens with one attached hydrogen (secondary N) is 1. The van der Waals surface area contributed by atoms with E-state index in [-0.39, 0.29) is 6.09 Å². The van der Waals surface area contributed by atoms with Gasteiger partial charge in [0.05, 0.1) is 6.61 Å². The van der Waals surface area contributed by atoms with Gasteiger partial charge in [-0.25, -0.2) is 4.79 Å². The lowest BCUT2D eigenvalue weighted by molar-refractivity contribution is 0.126. The Bertz CT molecular complexity index is 169. The van der Waals surface area contributed by atoms with Gasteiger partial charge in [-0.05, 0) is 26.7 Å². The van der Waals surface area contributed by atoms with Gasteiger partial charge in [0.2, 0.25) is 0 Å². The van der Waals surface area contributed by atoms with E-state index in [1.165, 1.54) is 0 Å². The predicted octanol–water partition coefficient (Wildman–Crippen LogP) is 1.22. The van der Waals surface area contributed by atoms with Crippen LogP contribution in [-0.2, 0) is 4.74 Å². The highest BCUT2D eigenvalue weighted by Gasteiger charge is 2.11. The summed E-state index contributed by atoms with van der Waals surface area (Å²) in [6, 6.07) is 0.574. The molecule has 0 aromatic carbocycles. The molecule has 4 heteroatoms. The molecule has 1 saturated heterocycles. The van der Waals surface area contributed by atoms with E-state index in [2.05, 4.69) is 24.1 Å². The Morgan fingerprint density at radius 1 is 1.36 bits per heavy atom. The van der Waals surface area contributed by atoms with Crippen LogP contribution in [0.4, 0.5) is 4.79 Å². The molecule has 0 bridgehead atoms. The van der Waals surface area contributed by atoms with Crippen molar-refractivity contribution in [1.82, 2.24) is 10.2 Å². The maximum absolute atomic E-state index is 11.0. The third kappa shape index (κ3) is 3.96. The van der Waals surface area contributed by atoms with E-state index in [0.29, 0.717) is 19.2 Å². The van der Waals surface area contributed by atoms with Crippen molar-refractivity contribution < 1.29 is 9.53 Å². The molecule has 1 rings (SSSR count). The molecule has 0 aromatic rings. The molecule has 0 spiro atoms. The van der Waals surface area contributed by atoms with Crippen LogP contribution < -0.4 is 5.32 Å². The molecule has 82 valence electrons. The van der Waals surface area contributed by atoms with Gasteiger partial charge in [-0.2, -0.15) is 0 Å². The van der Waals surface area contributed by atoms with Crippen molar-refractivity contribution in [1.29, 1.82) is 0 Å². The summed E-state index contributed by atoms with van der Waals surface area (Å²) >= 11 is 0. The van der Waals surface area contributed by atoms with Crippen molar-refractivity contribution in [2.24, 2.45) is 0 Å². The summed E-state index contributed by atoms with van der Waals surface area (Å²) in [6.45, 7) is 7.70. The standard InChI is InChI=1S/C10H20N2O2/c1-9(2)12-6-3-5-11-10(13)14-8-4-7-12/h9H,3-8H2,1-2H3,(H,11,13). The molecule has 1 aliphatic heterocycles. The minimum absolute atomic E-state index is 0.275. The van der Waals surface area contributed by atoms with Crippen molar-refractivity contribution in [3.8, 4) is 0 Å². The van der Waals surface area contributed by atoms with Crippen LogP contribution in [0.25, 0.3) is 0 Å². The van der Waals surface area contributed by atoms with E-state index < -0.39 is 0 Å². The van der Waals surface area contributed by atoms with Crippen LogP contribution in [0.5, 0.6) is 0 Å². The molecule has 1 fully saturated rings. The second-order valence-electron chi connectivity index (χ2n) is 3.90. The number of carbonyl (C=O) groups excluding carboxylic acids is 1. The second kappa shape index (κ2) is 5.86. The summed E-state index contributed by atoms with van der Waals surface area (Å²) in [5.74, 6) is 0. The molecule has 1 N–H and O–H groups in total. The van der Waals surface area contributed by atoms with Gasteiger partial charge in [-0.15, -0.1) is 0 Å². The quantitative estimate of drug-likeness (QED) is 0.692. The van der Waals surface area contributed by atoms with Crippen molar-refractivity contribution >= 4 is 6.09 Å². The normalized spacial score (nSPS) is 21.5. The molecule has 1 heterocycles. The number of nitrogens with zero attached hydrogens (tertiary/aromatic N) is 1. The minimum Gasteiger partial charge on any atom is -0.450 e. The Balaban J connectivity index is 2.35. The monoisotopic (exact) mass is 200 g/mol. The zero-order valence-electron chi connectivity index (χ0n) is 9.08. The number of ether oxygens (including phenoxy) is 1. The predicted molar refractivity (Wildman–Crippen MR) is 55.3 cm³/mol. The first-order valence-electron chi connectivity index (χ1n) is 5.35. The summed E-state index contributed by atoms with van der Waals surface area (Å²) < 4.78 is 4.97. The van der Waals surface area contributed by atoms with Crippen LogP contribution in [-0.4, -0.2) is 43.3 Å². The van der Waals surface area contributed by atoms with Gasteiger partial charge in [-0.1, -0.05) is 0 Å². The molecule has 4 nitrogen and oxygen atoms in total. The van der Waals surface area contributed by atoms with Crippen LogP contribution in [0.2, 0.25) is 0 Å². The third-order valence-electron chi connectivity index (χ3n) is 2.44. The van der Waals surface area contributed by atoms with Crippen molar-refractivity contribution in [3.63, 3.8) is 0 Å². The fourth-order valence-electron chi connectivity index (χ4n) is 1.58. The maximum atomic E-state index is 11.0. The van der Waals surface area contributed by atoms with Gasteiger partial charge in [0.1, 0.15) is 0 Å². The zero-order chi connectivity index (χ0) is 10.4. The van der Waals surface area contributed by atoms with Gasteiger partial charge < -0.3 is 15.0 Å². The van der Waals surface area contributed by atoms with Crippen LogP contribution in [0.15, 0.2) is 0 Å². The fraction of sp³-hybridized carbons (Fsp3) is 0.900. The number of cyclic esters (lactones) is 1. The van der Waals surface area contributed by atoms with E-state index in [1.807, 2.05) is 0 Å². The van der Waals surface area contributed by atoms with Crippen LogP contribution in [0.3, 0.4) is 0 Å². The molecule has 0 radical (unpaired) electrons. The molecule has 1 aliphatic rings. The lowest BCUT2D eigenvalue weighted by Crippen LogP contribution is -2.37. The fourth-order valence-corrected chi connectivity index (χ4v) is 1.58. The zero-order valence-corrected chi connectivity index (χ0v) is 9.08. The van der Waals surface area contributed by atoms with E-state index >= 15 is 0 Å². The molecule has 0 aliphatic carbocycles. The van der Waals surface area contributed by atoms with Gasteiger partial charge >= 0.3 is 6.09 Å². The number of hydrogen-bond acceptors (Lipinski definition) is 3. The Morgan fingerprint density at radius 2 is 2.07 bits per heavy atom. The summed E-state index contributed by atoms with van der Waals surface area (Å²) in [5.41, 5.74) is 0. The van der Waals surface area contributed by atoms with Gasteiger partial charge in [0.25, 0.3) is 0 Å². The van der Waals surface area contributed by atoms with E-state index in [0.717, 1.165) is 25.9 Å². The Morgan fingerprint density at radius 3 is 2.79 bits per heavy atom. The molecule has 1 amide bonds. The lowest BCUT2D eigenvalue weighted by atomic mass is 10.2. The minimum atomic E-state index is -0.275. The first-order chi connectivity index (χ1) is 6.70. The first kappa shape index (κ1) is 11.3. The molecule has 0 unspecified atom stereocenters. The Labute approximate surface area is 85.6 Å². The van der Waals surface area contributed by atoms with Crippen LogP contribution in [0, 0.1) is 0 Å². The SMILES string of the molecule is CC(C)N1CCCNC(=O)OCCC1. The Kier molecular flexibility index (Phi) is 4.73. The highest BCUT2D eigenvalue weighted by molar-refractivity contribution is 5.66. The molecule has 0 atom stereocenters. The molecule has 0 saturated carbocycles. The number of rotatable bonds is 1. The summed E-state index contributed by atoms with van der Waals surface area (Å²) in [4.78, 5) is 13.4. The topological polar surface area (TPSA) is 41.6 Å². The number of alkyl carbamates (subject to hydrolysis) is 1. The van der Waals surface area contributed by atoms with Crippen LogP contribution >= 0.6 is 0 Å². The van der Waals surface area contributed by atoms with Gasteiger partial charge in [0.15, 0.2) is 0 Å². The highest BCUT2D eigenvalue weighted by Crippen LogP contribution is 2.02. The average Bonchev–Trinajstić information content (AvgIpc) is 2.15. The largest absolute Gasteiger partial charge is 0.450 e. The Hall–Kier alpha value is -0.770. The van der Waals surface area contributed by atoms with Crippen molar-refractivity contribution in [2.45, 2.75) is 32.7 Å². The third-order valence-corrected chi connectivity index (χ3v) is 2.44. The van der Waals surface area contributed by atoms with Crippen LogP contribution in [0.1, 0.15) is 26.7 Å². The maximum Gasteiger partial charge on any atom is 0.407 e. The number of amides is 1. The summed E-state index contributed by atoms with van der Waals surface area (Å²) in [5, 5.41) is 2.72. The summed E-state index contributed by atoms with van der Waals surface area (Å²) in [7, 11) is 0. The first-order valence-corrected chi connectivity index (χ1v) is 5.35. The van der Waals surface area contributed by atoms with E-state index in [4.69, 9.17) is 4.74 Å². The highest BCUT2D eigenvalue weighted by atomic mass is 16.5. The van der Waals surface area contributed by atoms with Gasteiger partial charge in [-0.3, -0.25) is 0 Å². The van der Waals surface area contributed by atoms with E-state index in [9.17, 15) is 4.79 Å². The average molecular weight is 200 g/mol. The molecule has 14 heavy (non-hydrogen) atoms. The van der Waals surface area contributed by atoms with Gasteiger partial charge in [0, 0.05) is 25.7 Å². The smallest absolute Gasteiger partial charge is 0.407 e. The number of carbonyl (C=O) groups is 1. The molecule has 0 aromatic heterocycles. The molecular formula is C10H20N2O2. The summed E-state index contributed by atoms with van der Waals surface area (Å²) in [6.07, 6.45) is 1.64. The molecular weight excluding hydrogens is 180 g/mol. The van der Waals surface area contributed by atoms with E-state index in [1.54, 1.807) is 0 Å². The lowest BCUT2D eigenvalue weighted by Gasteiger charge is -2.27. The second-order valence-corrected chi connectivity index (χ2v) is 3.90. The van der Waals surface area contributed by atoms with Crippen molar-refractivity contribution in [2.75, 3.05) is 26.2 Å². The number of hydrogen-bond donors (Lipinski definition) is 1.